The minimum absolute atomic E-state index is 0.0257. The largest absolute Gasteiger partial charge is 0.395 e. The average Bonchev–Trinajstić information content (AvgIpc) is 2.27. The topological polar surface area (TPSA) is 110 Å². The Kier molecular flexibility index (Phi) is 4.01. The van der Waals surface area contributed by atoms with E-state index in [4.69, 9.17) is 21.3 Å². The van der Waals surface area contributed by atoms with Gasteiger partial charge in [-0.2, -0.15) is 0 Å². The number of aliphatic hydroxyl groups excluding tert-OH is 2. The van der Waals surface area contributed by atoms with Crippen LogP contribution in [0.4, 0.5) is 5.69 Å². The highest BCUT2D eigenvalue weighted by molar-refractivity contribution is 5.43. The van der Waals surface area contributed by atoms with Crippen molar-refractivity contribution in [3.8, 4) is 0 Å². The zero-order chi connectivity index (χ0) is 11.4. The molecule has 0 bridgehead atoms. The number of hydrogen-bond acceptors (Lipinski definition) is 6. The first-order valence-corrected chi connectivity index (χ1v) is 4.38. The van der Waals surface area contributed by atoms with Gasteiger partial charge < -0.3 is 15.9 Å². The third-order valence-corrected chi connectivity index (χ3v) is 2.08. The van der Waals surface area contributed by atoms with Gasteiger partial charge in [0.1, 0.15) is 0 Å². The minimum atomic E-state index is -0.977. The third-order valence-electron chi connectivity index (χ3n) is 2.08. The average molecular weight is 214 g/mol. The molecule has 2 atom stereocenters. The molecule has 0 fully saturated rings. The van der Waals surface area contributed by atoms with E-state index in [9.17, 15) is 5.11 Å². The molecule has 2 unspecified atom stereocenters. The first-order chi connectivity index (χ1) is 7.06. The van der Waals surface area contributed by atoms with E-state index in [1.165, 1.54) is 24.3 Å². The Bertz CT molecular complexity index is 301. The van der Waals surface area contributed by atoms with Crippen LogP contribution in [0.1, 0.15) is 11.7 Å². The van der Waals surface area contributed by atoms with Gasteiger partial charge in [-0.1, -0.05) is 12.1 Å². The quantitative estimate of drug-likeness (QED) is 0.437. The molecule has 84 valence electrons. The van der Waals surface area contributed by atoms with Crippen LogP contribution in [0, 0.1) is 0 Å². The maximum Gasteiger partial charge on any atom is 0.0963 e. The van der Waals surface area contributed by atoms with Crippen molar-refractivity contribution in [3.63, 3.8) is 0 Å². The Morgan fingerprint density at radius 2 is 1.73 bits per heavy atom. The molecular weight excluding hydrogens is 200 g/mol. The molecule has 1 aromatic rings. The molecule has 0 aliphatic carbocycles. The summed E-state index contributed by atoms with van der Waals surface area (Å²) in [4.78, 5) is 0. The van der Waals surface area contributed by atoms with E-state index in [1.54, 1.807) is 0 Å². The van der Waals surface area contributed by atoms with Crippen molar-refractivity contribution in [2.45, 2.75) is 12.1 Å². The third kappa shape index (κ3) is 2.88. The molecule has 0 spiro atoms. The van der Waals surface area contributed by atoms with E-state index in [1.807, 2.05) is 0 Å². The second kappa shape index (κ2) is 5.06. The van der Waals surface area contributed by atoms with Crippen LogP contribution in [0.25, 0.3) is 0 Å². The van der Waals surface area contributed by atoms with Crippen molar-refractivity contribution in [1.29, 1.82) is 0 Å². The first kappa shape index (κ1) is 11.9. The van der Waals surface area contributed by atoms with E-state index in [0.717, 1.165) is 0 Å². The maximum absolute atomic E-state index is 9.59. The van der Waals surface area contributed by atoms with Crippen molar-refractivity contribution < 1.29 is 20.6 Å². The van der Waals surface area contributed by atoms with Gasteiger partial charge in [0, 0.05) is 0 Å². The molecule has 0 aromatic heterocycles. The Morgan fingerprint density at radius 1 is 1.20 bits per heavy atom. The smallest absolute Gasteiger partial charge is 0.0963 e. The van der Waals surface area contributed by atoms with Crippen molar-refractivity contribution in [1.82, 2.24) is 0 Å². The first-order valence-electron chi connectivity index (χ1n) is 4.38. The molecule has 1 rings (SSSR count). The summed E-state index contributed by atoms with van der Waals surface area (Å²) in [5.41, 5.74) is 6.11. The van der Waals surface area contributed by atoms with Gasteiger partial charge in [-0.15, -0.1) is 5.23 Å². The standard InChI is InChI=1S/C9H14N2O4/c10-8(5-12)9(13)6-1-3-7(4-2-6)11(14)15/h1-4,8-9,12-15H,5,10H2. The maximum atomic E-state index is 9.59. The van der Waals surface area contributed by atoms with Crippen LogP contribution in [-0.4, -0.2) is 33.3 Å². The van der Waals surface area contributed by atoms with Gasteiger partial charge >= 0.3 is 0 Å². The van der Waals surface area contributed by atoms with Crippen LogP contribution in [0.15, 0.2) is 24.3 Å². The van der Waals surface area contributed by atoms with Gasteiger partial charge in [-0.05, 0) is 17.7 Å². The fraction of sp³-hybridized carbons (Fsp3) is 0.333. The van der Waals surface area contributed by atoms with Crippen LogP contribution in [-0.2, 0) is 0 Å². The van der Waals surface area contributed by atoms with Crippen LogP contribution >= 0.6 is 0 Å². The summed E-state index contributed by atoms with van der Waals surface area (Å²) in [6.45, 7) is -0.324. The van der Waals surface area contributed by atoms with Gasteiger partial charge in [-0.3, -0.25) is 10.4 Å². The predicted molar refractivity (Wildman–Crippen MR) is 52.5 cm³/mol. The van der Waals surface area contributed by atoms with Crippen LogP contribution in [0.2, 0.25) is 0 Å². The summed E-state index contributed by atoms with van der Waals surface area (Å²) in [6, 6.07) is 5.05. The fourth-order valence-corrected chi connectivity index (χ4v) is 1.15. The lowest BCUT2D eigenvalue weighted by molar-refractivity contribution is 0.0291. The number of nitrogens with zero attached hydrogens (tertiary/aromatic N) is 1. The van der Waals surface area contributed by atoms with E-state index < -0.39 is 12.1 Å². The monoisotopic (exact) mass is 214 g/mol. The number of rotatable bonds is 4. The summed E-state index contributed by atoms with van der Waals surface area (Å²) in [5.74, 6) is 0. The summed E-state index contributed by atoms with van der Waals surface area (Å²) < 4.78 is 0. The molecule has 15 heavy (non-hydrogen) atoms. The molecular formula is C9H14N2O4. The molecule has 0 saturated carbocycles. The minimum Gasteiger partial charge on any atom is -0.395 e. The number of hydrogen-bond donors (Lipinski definition) is 5. The van der Waals surface area contributed by atoms with E-state index >= 15 is 0 Å². The van der Waals surface area contributed by atoms with Gasteiger partial charge in [0.25, 0.3) is 0 Å². The predicted octanol–water partition coefficient (Wildman–Crippen LogP) is -0.376. The summed E-state index contributed by atoms with van der Waals surface area (Å²) in [7, 11) is 0. The van der Waals surface area contributed by atoms with E-state index in [-0.39, 0.29) is 17.5 Å². The van der Waals surface area contributed by atoms with E-state index in [0.29, 0.717) is 5.56 Å². The lowest BCUT2D eigenvalue weighted by Crippen LogP contribution is -2.31. The van der Waals surface area contributed by atoms with Crippen LogP contribution in [0.5, 0.6) is 0 Å². The highest BCUT2D eigenvalue weighted by atomic mass is 16.8. The zero-order valence-corrected chi connectivity index (χ0v) is 7.98. The molecule has 6 nitrogen and oxygen atoms in total. The molecule has 0 saturated heterocycles. The van der Waals surface area contributed by atoms with Crippen molar-refractivity contribution in [2.24, 2.45) is 5.73 Å². The highest BCUT2D eigenvalue weighted by Crippen LogP contribution is 2.19. The molecule has 0 radical (unpaired) electrons. The molecule has 1 aromatic carbocycles. The Balaban J connectivity index is 2.79. The van der Waals surface area contributed by atoms with Crippen molar-refractivity contribution in [3.05, 3.63) is 29.8 Å². The second-order valence-corrected chi connectivity index (χ2v) is 3.17. The Labute approximate surface area is 86.7 Å². The fourth-order valence-electron chi connectivity index (χ4n) is 1.15. The SMILES string of the molecule is NC(CO)C(O)c1ccc(N(O)O)cc1. The molecule has 6 heteroatoms. The molecule has 0 amide bonds. The van der Waals surface area contributed by atoms with Crippen molar-refractivity contribution in [2.75, 3.05) is 11.8 Å². The number of benzene rings is 1. The summed E-state index contributed by atoms with van der Waals surface area (Å²) in [6.07, 6.45) is -0.977. The lowest BCUT2D eigenvalue weighted by atomic mass is 10.0. The van der Waals surface area contributed by atoms with Gasteiger partial charge in [-0.25, -0.2) is 0 Å². The number of nitrogens with two attached hydrogens (primary N) is 1. The summed E-state index contributed by atoms with van der Waals surface area (Å²) >= 11 is 0. The molecule has 0 aliphatic rings. The highest BCUT2D eigenvalue weighted by Gasteiger charge is 2.15. The Morgan fingerprint density at radius 3 is 2.13 bits per heavy atom. The van der Waals surface area contributed by atoms with Crippen molar-refractivity contribution >= 4 is 5.69 Å². The molecule has 0 aliphatic heterocycles. The normalized spacial score (nSPS) is 14.7. The van der Waals surface area contributed by atoms with E-state index in [2.05, 4.69) is 0 Å². The van der Waals surface area contributed by atoms with Gasteiger partial charge in [0.15, 0.2) is 0 Å². The zero-order valence-electron chi connectivity index (χ0n) is 7.98. The molecule has 0 heterocycles. The number of aliphatic hydroxyl groups is 2. The summed E-state index contributed by atoms with van der Waals surface area (Å²) in [5, 5.41) is 35.6. The number of anilines is 1. The second-order valence-electron chi connectivity index (χ2n) is 3.17. The Hall–Kier alpha value is -1.18. The van der Waals surface area contributed by atoms with Crippen LogP contribution < -0.4 is 11.0 Å². The van der Waals surface area contributed by atoms with Gasteiger partial charge in [0.2, 0.25) is 0 Å². The van der Waals surface area contributed by atoms with Gasteiger partial charge in [0.05, 0.1) is 24.4 Å². The lowest BCUT2D eigenvalue weighted by Gasteiger charge is -2.17. The molecule has 6 N–H and O–H groups in total. The van der Waals surface area contributed by atoms with Crippen LogP contribution in [0.3, 0.4) is 0 Å².